The summed E-state index contributed by atoms with van der Waals surface area (Å²) in [5.74, 6) is 2.64. The summed E-state index contributed by atoms with van der Waals surface area (Å²) in [4.78, 5) is 29.5. The lowest BCUT2D eigenvalue weighted by Crippen LogP contribution is -2.41. The van der Waals surface area contributed by atoms with E-state index >= 15 is 0 Å². The molecule has 9 heteroatoms. The van der Waals surface area contributed by atoms with Gasteiger partial charge in [-0.1, -0.05) is 19.9 Å². The topological polar surface area (TPSA) is 52.6 Å². The van der Waals surface area contributed by atoms with E-state index in [1.807, 2.05) is 0 Å². The number of rotatable bonds is 3. The minimum absolute atomic E-state index is 0.0570. The third-order valence-electron chi connectivity index (χ3n) is 7.90. The first-order valence-corrected chi connectivity index (χ1v) is 13.0. The van der Waals surface area contributed by atoms with Gasteiger partial charge >= 0.3 is 6.18 Å². The summed E-state index contributed by atoms with van der Waals surface area (Å²) in [6.45, 7) is 8.97. The molecule has 1 amide bonds. The molecule has 0 radical (unpaired) electrons. The molecule has 0 aliphatic carbocycles. The van der Waals surface area contributed by atoms with Gasteiger partial charge in [0.15, 0.2) is 0 Å². The van der Waals surface area contributed by atoms with Crippen molar-refractivity contribution < 1.29 is 18.0 Å². The number of carbonyl (C=O) groups is 1. The van der Waals surface area contributed by atoms with E-state index in [-0.39, 0.29) is 11.5 Å². The molecule has 1 aromatic heterocycles. The second kappa shape index (κ2) is 9.90. The van der Waals surface area contributed by atoms with Gasteiger partial charge in [-0.05, 0) is 55.7 Å². The number of anilines is 2. The SMILES string of the molecule is CC1CCN(c2nc3c(c(N4CCC(C)CC4)n2)CN(C(=O)c2cccc(C(F)(F)F)c2)CC3)CC1. The normalized spacial score (nSPS) is 20.0. The molecular weight excluding hydrogens is 467 g/mol. The van der Waals surface area contributed by atoms with E-state index in [9.17, 15) is 18.0 Å². The van der Waals surface area contributed by atoms with Gasteiger partial charge in [-0.25, -0.2) is 4.98 Å². The van der Waals surface area contributed by atoms with Crippen molar-refractivity contribution in [1.82, 2.24) is 14.9 Å². The summed E-state index contributed by atoms with van der Waals surface area (Å²) in [6.07, 6.45) is 0.494. The van der Waals surface area contributed by atoms with Crippen LogP contribution in [-0.2, 0) is 19.1 Å². The van der Waals surface area contributed by atoms with Crippen LogP contribution >= 0.6 is 0 Å². The molecule has 2 saturated heterocycles. The van der Waals surface area contributed by atoms with Crippen LogP contribution in [0.5, 0.6) is 0 Å². The van der Waals surface area contributed by atoms with Crippen molar-refractivity contribution in [3.63, 3.8) is 0 Å². The second-order valence-electron chi connectivity index (χ2n) is 10.7. The van der Waals surface area contributed by atoms with Crippen LogP contribution in [0.2, 0.25) is 0 Å². The van der Waals surface area contributed by atoms with Crippen LogP contribution in [0.3, 0.4) is 0 Å². The van der Waals surface area contributed by atoms with E-state index in [4.69, 9.17) is 9.97 Å². The van der Waals surface area contributed by atoms with Crippen molar-refractivity contribution in [1.29, 1.82) is 0 Å². The molecule has 4 heterocycles. The number of amides is 1. The fraction of sp³-hybridized carbons (Fsp3) is 0.593. The highest BCUT2D eigenvalue weighted by atomic mass is 19.4. The van der Waals surface area contributed by atoms with Gasteiger partial charge in [0.1, 0.15) is 5.82 Å². The van der Waals surface area contributed by atoms with Crippen LogP contribution in [-0.4, -0.2) is 53.5 Å². The standard InChI is InChI=1S/C27H34F3N5O/c1-18-6-11-33(12-7-18)24-22-17-35(25(36)20-4-3-5-21(16-20)27(28,29)30)15-10-23(22)31-26(32-24)34-13-8-19(2)9-14-34/h3-5,16,18-19H,6-15,17H2,1-2H3. The Labute approximate surface area is 210 Å². The molecular formula is C27H34F3N5O. The van der Waals surface area contributed by atoms with Crippen molar-refractivity contribution in [3.05, 3.63) is 46.6 Å². The lowest BCUT2D eigenvalue weighted by molar-refractivity contribution is -0.137. The molecule has 3 aliphatic heterocycles. The number of fused-ring (bicyclic) bond motifs is 1. The van der Waals surface area contributed by atoms with E-state index in [2.05, 4.69) is 23.6 Å². The Morgan fingerprint density at radius 1 is 0.917 bits per heavy atom. The van der Waals surface area contributed by atoms with Crippen LogP contribution in [0.4, 0.5) is 24.9 Å². The maximum Gasteiger partial charge on any atom is 0.416 e. The molecule has 0 unspecified atom stereocenters. The zero-order chi connectivity index (χ0) is 25.4. The van der Waals surface area contributed by atoms with Crippen LogP contribution in [0.15, 0.2) is 24.3 Å². The molecule has 6 nitrogen and oxygen atoms in total. The largest absolute Gasteiger partial charge is 0.416 e. The van der Waals surface area contributed by atoms with Gasteiger partial charge in [0.2, 0.25) is 5.95 Å². The van der Waals surface area contributed by atoms with E-state index in [1.165, 1.54) is 12.1 Å². The Hall–Kier alpha value is -2.84. The Morgan fingerprint density at radius 2 is 1.56 bits per heavy atom. The smallest absolute Gasteiger partial charge is 0.356 e. The van der Waals surface area contributed by atoms with Gasteiger partial charge < -0.3 is 14.7 Å². The quantitative estimate of drug-likeness (QED) is 0.581. The first-order chi connectivity index (χ1) is 17.2. The fourth-order valence-electron chi connectivity index (χ4n) is 5.40. The van der Waals surface area contributed by atoms with Crippen molar-refractivity contribution >= 4 is 17.7 Å². The molecule has 5 rings (SSSR count). The number of halogens is 3. The molecule has 0 bridgehead atoms. The van der Waals surface area contributed by atoms with Gasteiger partial charge in [-0.2, -0.15) is 18.2 Å². The predicted molar refractivity (Wildman–Crippen MR) is 133 cm³/mol. The third kappa shape index (κ3) is 5.15. The van der Waals surface area contributed by atoms with Gasteiger partial charge in [0.25, 0.3) is 5.91 Å². The molecule has 3 aliphatic rings. The van der Waals surface area contributed by atoms with Gasteiger partial charge in [-0.3, -0.25) is 4.79 Å². The van der Waals surface area contributed by atoms with Crippen LogP contribution < -0.4 is 9.80 Å². The molecule has 194 valence electrons. The van der Waals surface area contributed by atoms with Crippen molar-refractivity contribution in [2.45, 2.75) is 58.7 Å². The maximum absolute atomic E-state index is 13.3. The van der Waals surface area contributed by atoms with Crippen LogP contribution in [0, 0.1) is 11.8 Å². The molecule has 2 fully saturated rings. The van der Waals surface area contributed by atoms with E-state index in [1.54, 1.807) is 4.90 Å². The van der Waals surface area contributed by atoms with E-state index < -0.39 is 11.7 Å². The lowest BCUT2D eigenvalue weighted by Gasteiger charge is -2.37. The average Bonchev–Trinajstić information content (AvgIpc) is 2.88. The monoisotopic (exact) mass is 501 g/mol. The molecule has 0 spiro atoms. The number of alkyl halides is 3. The number of benzene rings is 1. The Balaban J connectivity index is 1.44. The highest BCUT2D eigenvalue weighted by molar-refractivity contribution is 5.94. The van der Waals surface area contributed by atoms with Crippen molar-refractivity contribution in [2.24, 2.45) is 11.8 Å². The predicted octanol–water partition coefficient (Wildman–Crippen LogP) is 5.17. The zero-order valence-corrected chi connectivity index (χ0v) is 21.0. The first-order valence-electron chi connectivity index (χ1n) is 13.0. The lowest BCUT2D eigenvalue weighted by atomic mass is 9.97. The van der Waals surface area contributed by atoms with E-state index in [0.717, 1.165) is 87.0 Å². The van der Waals surface area contributed by atoms with Crippen LogP contribution in [0.1, 0.15) is 66.7 Å². The summed E-state index contributed by atoms with van der Waals surface area (Å²) in [6, 6.07) is 4.69. The molecule has 2 aromatic rings. The third-order valence-corrected chi connectivity index (χ3v) is 7.90. The maximum atomic E-state index is 13.3. The fourth-order valence-corrected chi connectivity index (χ4v) is 5.40. The summed E-state index contributed by atoms with van der Waals surface area (Å²) in [5, 5.41) is 0. The van der Waals surface area contributed by atoms with Crippen LogP contribution in [0.25, 0.3) is 0 Å². The first kappa shape index (κ1) is 24.8. The molecule has 0 N–H and O–H groups in total. The highest BCUT2D eigenvalue weighted by Crippen LogP contribution is 2.34. The number of hydrogen-bond acceptors (Lipinski definition) is 5. The number of aromatic nitrogens is 2. The Kier molecular flexibility index (Phi) is 6.83. The van der Waals surface area contributed by atoms with E-state index in [0.29, 0.717) is 31.3 Å². The number of carbonyl (C=O) groups excluding carboxylic acids is 1. The van der Waals surface area contributed by atoms with Gasteiger partial charge in [0, 0.05) is 50.3 Å². The molecule has 36 heavy (non-hydrogen) atoms. The Bertz CT molecular complexity index is 1110. The van der Waals surface area contributed by atoms with Gasteiger partial charge in [0.05, 0.1) is 17.8 Å². The molecule has 0 atom stereocenters. The zero-order valence-electron chi connectivity index (χ0n) is 21.0. The summed E-state index contributed by atoms with van der Waals surface area (Å²) < 4.78 is 39.7. The summed E-state index contributed by atoms with van der Waals surface area (Å²) in [7, 11) is 0. The van der Waals surface area contributed by atoms with Gasteiger partial charge in [-0.15, -0.1) is 0 Å². The summed E-state index contributed by atoms with van der Waals surface area (Å²) in [5.41, 5.74) is 1.14. The second-order valence-corrected chi connectivity index (χ2v) is 10.7. The van der Waals surface area contributed by atoms with Crippen molar-refractivity contribution in [2.75, 3.05) is 42.5 Å². The summed E-state index contributed by atoms with van der Waals surface area (Å²) >= 11 is 0. The number of nitrogens with zero attached hydrogens (tertiary/aromatic N) is 5. The van der Waals surface area contributed by atoms with Crippen molar-refractivity contribution in [3.8, 4) is 0 Å². The highest BCUT2D eigenvalue weighted by Gasteiger charge is 2.33. The Morgan fingerprint density at radius 3 is 2.19 bits per heavy atom. The number of piperidine rings is 2. The minimum Gasteiger partial charge on any atom is -0.356 e. The minimum atomic E-state index is -4.49. The molecule has 1 aromatic carbocycles. The molecule has 0 saturated carbocycles. The average molecular weight is 502 g/mol. The number of hydrogen-bond donors (Lipinski definition) is 0.